The van der Waals surface area contributed by atoms with Crippen LogP contribution in [-0.2, 0) is 16.4 Å². The lowest BCUT2D eigenvalue weighted by Crippen LogP contribution is -2.10. The van der Waals surface area contributed by atoms with Gasteiger partial charge < -0.3 is 11.1 Å². The van der Waals surface area contributed by atoms with E-state index in [2.05, 4.69) is 20.3 Å². The van der Waals surface area contributed by atoms with E-state index in [0.29, 0.717) is 22.3 Å². The molecule has 0 spiro atoms. The van der Waals surface area contributed by atoms with Crippen LogP contribution in [-0.4, -0.2) is 29.6 Å². The third-order valence-corrected chi connectivity index (χ3v) is 6.03. The van der Waals surface area contributed by atoms with E-state index in [0.717, 1.165) is 6.26 Å². The summed E-state index contributed by atoms with van der Waals surface area (Å²) >= 11 is 0. The number of nitrogens with zero attached hydrogens (tertiary/aromatic N) is 4. The zero-order chi connectivity index (χ0) is 22.9. The number of halogens is 1. The Morgan fingerprint density at radius 1 is 1.12 bits per heavy atom. The fourth-order valence-corrected chi connectivity index (χ4v) is 4.29. The van der Waals surface area contributed by atoms with Crippen molar-refractivity contribution in [3.63, 3.8) is 0 Å². The van der Waals surface area contributed by atoms with E-state index in [-0.39, 0.29) is 34.0 Å². The van der Waals surface area contributed by atoms with Crippen LogP contribution in [0.25, 0.3) is 22.0 Å². The molecule has 0 aliphatic carbocycles. The molecule has 0 radical (unpaired) electrons. The summed E-state index contributed by atoms with van der Waals surface area (Å²) in [5.41, 5.74) is 7.51. The third-order valence-electron chi connectivity index (χ3n) is 4.87. The van der Waals surface area contributed by atoms with Crippen molar-refractivity contribution in [2.24, 2.45) is 0 Å². The minimum Gasteiger partial charge on any atom is -0.382 e. The number of anilines is 2. The summed E-state index contributed by atoms with van der Waals surface area (Å²) < 4.78 is 39.3. The predicted molar refractivity (Wildman–Crippen MR) is 119 cm³/mol. The van der Waals surface area contributed by atoms with Crippen molar-refractivity contribution in [1.29, 1.82) is 5.26 Å². The van der Waals surface area contributed by atoms with E-state index in [1.54, 1.807) is 36.4 Å². The number of nitriles is 1. The lowest BCUT2D eigenvalue weighted by molar-refractivity contribution is 0.602. The van der Waals surface area contributed by atoms with E-state index in [9.17, 15) is 18.1 Å². The normalized spacial score (nSPS) is 11.3. The van der Waals surface area contributed by atoms with Gasteiger partial charge in [-0.3, -0.25) is 4.98 Å². The van der Waals surface area contributed by atoms with Gasteiger partial charge >= 0.3 is 0 Å². The van der Waals surface area contributed by atoms with Crippen LogP contribution in [0.15, 0.2) is 59.8 Å². The molecular formula is C22H17FN6O2S. The number of nitrogen functional groups attached to an aromatic ring is 1. The van der Waals surface area contributed by atoms with Gasteiger partial charge in [0.05, 0.1) is 22.7 Å². The van der Waals surface area contributed by atoms with Gasteiger partial charge in [0.2, 0.25) is 0 Å². The van der Waals surface area contributed by atoms with Crippen LogP contribution in [0.5, 0.6) is 0 Å². The molecule has 4 rings (SSSR count). The molecule has 0 bridgehead atoms. The van der Waals surface area contributed by atoms with Crippen LogP contribution < -0.4 is 11.1 Å². The quantitative estimate of drug-likeness (QED) is 0.475. The SMILES string of the molecule is CS(=O)(=O)c1ccccc1-c1cc2c(F)cccc2nc1CNc1ncnc(N)c1C#N. The molecule has 2 aromatic carbocycles. The van der Waals surface area contributed by atoms with E-state index in [1.165, 1.54) is 18.5 Å². The number of pyridine rings is 1. The lowest BCUT2D eigenvalue weighted by Gasteiger charge is -2.15. The molecule has 160 valence electrons. The zero-order valence-electron chi connectivity index (χ0n) is 16.9. The second kappa shape index (κ2) is 8.20. The Hall–Kier alpha value is -4.10. The van der Waals surface area contributed by atoms with Gasteiger partial charge in [-0.2, -0.15) is 5.26 Å². The number of sulfone groups is 1. The van der Waals surface area contributed by atoms with Gasteiger partial charge in [-0.25, -0.2) is 22.8 Å². The summed E-state index contributed by atoms with van der Waals surface area (Å²) in [7, 11) is -3.57. The number of rotatable bonds is 5. The highest BCUT2D eigenvalue weighted by molar-refractivity contribution is 7.90. The van der Waals surface area contributed by atoms with E-state index >= 15 is 0 Å². The van der Waals surface area contributed by atoms with Crippen LogP contribution in [0.4, 0.5) is 16.0 Å². The summed E-state index contributed by atoms with van der Waals surface area (Å²) in [6.45, 7) is 0.0744. The van der Waals surface area contributed by atoms with Crippen molar-refractivity contribution in [1.82, 2.24) is 15.0 Å². The number of nitrogens with one attached hydrogen (secondary N) is 1. The first kappa shape index (κ1) is 21.1. The van der Waals surface area contributed by atoms with Gasteiger partial charge in [-0.1, -0.05) is 24.3 Å². The molecule has 4 aromatic rings. The number of fused-ring (bicyclic) bond motifs is 1. The Labute approximate surface area is 183 Å². The van der Waals surface area contributed by atoms with E-state index < -0.39 is 15.7 Å². The summed E-state index contributed by atoms with van der Waals surface area (Å²) in [5, 5.41) is 12.6. The highest BCUT2D eigenvalue weighted by Gasteiger charge is 2.19. The Morgan fingerprint density at radius 3 is 2.66 bits per heavy atom. The fourth-order valence-electron chi connectivity index (χ4n) is 3.39. The maximum atomic E-state index is 14.5. The van der Waals surface area contributed by atoms with Crippen molar-refractivity contribution in [3.8, 4) is 17.2 Å². The van der Waals surface area contributed by atoms with Crippen LogP contribution in [0.2, 0.25) is 0 Å². The highest BCUT2D eigenvalue weighted by atomic mass is 32.2. The predicted octanol–water partition coefficient (Wildman–Crippen LogP) is 3.30. The first-order valence-corrected chi connectivity index (χ1v) is 11.3. The van der Waals surface area contributed by atoms with Crippen molar-refractivity contribution in [2.75, 3.05) is 17.3 Å². The third kappa shape index (κ3) is 3.93. The number of aromatic nitrogens is 3. The van der Waals surface area contributed by atoms with E-state index in [4.69, 9.17) is 5.73 Å². The lowest BCUT2D eigenvalue weighted by atomic mass is 10.0. The Kier molecular flexibility index (Phi) is 5.42. The molecular weight excluding hydrogens is 431 g/mol. The number of nitrogens with two attached hydrogens (primary N) is 1. The second-order valence-corrected chi connectivity index (χ2v) is 8.99. The zero-order valence-corrected chi connectivity index (χ0v) is 17.7. The Bertz CT molecular complexity index is 1500. The maximum Gasteiger partial charge on any atom is 0.176 e. The molecule has 0 fully saturated rings. The average Bonchev–Trinajstić information content (AvgIpc) is 2.77. The minimum atomic E-state index is -3.57. The number of benzene rings is 2. The van der Waals surface area contributed by atoms with Gasteiger partial charge in [-0.05, 0) is 24.3 Å². The molecule has 2 aromatic heterocycles. The summed E-state index contributed by atoms with van der Waals surface area (Å²) in [6.07, 6.45) is 2.34. The number of hydrogen-bond donors (Lipinski definition) is 2. The molecule has 0 aliphatic rings. The molecule has 3 N–H and O–H groups in total. The Balaban J connectivity index is 1.90. The standard InChI is InChI=1S/C22H17FN6O2S/c1-32(30,31)20-8-3-2-5-13(20)14-9-15-17(23)6-4-7-18(15)29-19(14)11-26-22-16(10-24)21(25)27-12-28-22/h2-9,12H,11H2,1H3,(H3,25,26,27,28). The molecule has 0 amide bonds. The largest absolute Gasteiger partial charge is 0.382 e. The first-order valence-electron chi connectivity index (χ1n) is 9.41. The Morgan fingerprint density at radius 2 is 1.91 bits per heavy atom. The fraction of sp³-hybridized carbons (Fsp3) is 0.0909. The monoisotopic (exact) mass is 448 g/mol. The van der Waals surface area contributed by atoms with Crippen LogP contribution in [0.1, 0.15) is 11.3 Å². The van der Waals surface area contributed by atoms with Crippen LogP contribution in [0.3, 0.4) is 0 Å². The maximum absolute atomic E-state index is 14.5. The second-order valence-electron chi connectivity index (χ2n) is 7.01. The molecule has 10 heteroatoms. The van der Waals surface area contributed by atoms with Gasteiger partial charge in [-0.15, -0.1) is 0 Å². The molecule has 2 heterocycles. The van der Waals surface area contributed by atoms with E-state index in [1.807, 2.05) is 6.07 Å². The molecule has 0 unspecified atom stereocenters. The van der Waals surface area contributed by atoms with Crippen molar-refractivity contribution in [3.05, 3.63) is 71.9 Å². The minimum absolute atomic E-state index is 0.0289. The van der Waals surface area contributed by atoms with Crippen LogP contribution >= 0.6 is 0 Å². The molecule has 0 atom stereocenters. The van der Waals surface area contributed by atoms with Crippen molar-refractivity contribution >= 4 is 32.4 Å². The van der Waals surface area contributed by atoms with Crippen molar-refractivity contribution in [2.45, 2.75) is 11.4 Å². The summed E-state index contributed by atoms with van der Waals surface area (Å²) in [4.78, 5) is 12.5. The van der Waals surface area contributed by atoms with Gasteiger partial charge in [0.1, 0.15) is 35.4 Å². The summed E-state index contributed by atoms with van der Waals surface area (Å²) in [6, 6.07) is 14.5. The van der Waals surface area contributed by atoms with Gasteiger partial charge in [0.25, 0.3) is 0 Å². The average molecular weight is 448 g/mol. The molecule has 0 saturated heterocycles. The van der Waals surface area contributed by atoms with Gasteiger partial charge in [0.15, 0.2) is 9.84 Å². The smallest absolute Gasteiger partial charge is 0.176 e. The summed E-state index contributed by atoms with van der Waals surface area (Å²) in [5.74, 6) is -0.229. The highest BCUT2D eigenvalue weighted by Crippen LogP contribution is 2.33. The number of hydrogen-bond acceptors (Lipinski definition) is 8. The molecule has 0 aliphatic heterocycles. The first-order chi connectivity index (χ1) is 15.3. The van der Waals surface area contributed by atoms with Gasteiger partial charge in [0, 0.05) is 22.8 Å². The molecule has 8 nitrogen and oxygen atoms in total. The van der Waals surface area contributed by atoms with Crippen molar-refractivity contribution < 1.29 is 12.8 Å². The van der Waals surface area contributed by atoms with Crippen LogP contribution in [0, 0.1) is 17.1 Å². The molecule has 0 saturated carbocycles. The molecule has 32 heavy (non-hydrogen) atoms. The topological polar surface area (TPSA) is 135 Å².